The van der Waals surface area contributed by atoms with E-state index in [4.69, 9.17) is 0 Å². The first-order valence-electron chi connectivity index (χ1n) is 5.67. The van der Waals surface area contributed by atoms with Crippen LogP contribution >= 0.6 is 0 Å². The molecule has 0 saturated heterocycles. The zero-order valence-electron chi connectivity index (χ0n) is 10.4. The van der Waals surface area contributed by atoms with E-state index < -0.39 is 16.3 Å². The maximum absolute atomic E-state index is 12.9. The molecular formula is C12H18F2O2S. The smallest absolute Gasteiger partial charge is 0.224 e. The summed E-state index contributed by atoms with van der Waals surface area (Å²) in [6.07, 6.45) is -2.00. The standard InChI is InChI=1S/C12H18F2O2S/c1-4-5-17(15,16)11-7-9(3)8(2)6-10(11)12(13)14/h12H,4-7H2,1-3H3. The molecule has 17 heavy (non-hydrogen) atoms. The van der Waals surface area contributed by atoms with Crippen LogP contribution in [0.5, 0.6) is 0 Å². The average molecular weight is 264 g/mol. The molecule has 0 atom stereocenters. The number of sulfone groups is 1. The van der Waals surface area contributed by atoms with E-state index in [1.165, 1.54) is 0 Å². The highest BCUT2D eigenvalue weighted by molar-refractivity contribution is 7.95. The third kappa shape index (κ3) is 3.15. The second kappa shape index (κ2) is 5.29. The lowest BCUT2D eigenvalue weighted by atomic mass is 9.93. The van der Waals surface area contributed by atoms with Crippen molar-refractivity contribution in [2.24, 2.45) is 0 Å². The Morgan fingerprint density at radius 2 is 1.71 bits per heavy atom. The third-order valence-electron chi connectivity index (χ3n) is 3.08. The third-order valence-corrected chi connectivity index (χ3v) is 5.18. The summed E-state index contributed by atoms with van der Waals surface area (Å²) in [7, 11) is -3.52. The largest absolute Gasteiger partial charge is 0.261 e. The predicted molar refractivity (Wildman–Crippen MR) is 64.7 cm³/mol. The van der Waals surface area contributed by atoms with E-state index in [-0.39, 0.29) is 29.1 Å². The molecule has 1 rings (SSSR count). The Balaban J connectivity index is 3.21. The molecule has 0 saturated carbocycles. The number of hydrogen-bond acceptors (Lipinski definition) is 2. The van der Waals surface area contributed by atoms with Gasteiger partial charge in [0.1, 0.15) is 0 Å². The van der Waals surface area contributed by atoms with Crippen molar-refractivity contribution in [3.8, 4) is 0 Å². The molecule has 0 unspecified atom stereocenters. The monoisotopic (exact) mass is 264 g/mol. The fourth-order valence-corrected chi connectivity index (χ4v) is 3.72. The van der Waals surface area contributed by atoms with Gasteiger partial charge in [-0.3, -0.25) is 0 Å². The zero-order valence-corrected chi connectivity index (χ0v) is 11.2. The molecule has 2 nitrogen and oxygen atoms in total. The van der Waals surface area contributed by atoms with Gasteiger partial charge in [-0.05, 0) is 26.7 Å². The summed E-state index contributed by atoms with van der Waals surface area (Å²) in [6.45, 7) is 5.32. The number of hydrogen-bond donors (Lipinski definition) is 0. The lowest BCUT2D eigenvalue weighted by Gasteiger charge is -2.22. The normalized spacial score (nSPS) is 18.2. The SMILES string of the molecule is CCCS(=O)(=O)C1=C(C(F)F)CC(C)=C(C)C1. The molecule has 0 aromatic carbocycles. The van der Waals surface area contributed by atoms with Crippen molar-refractivity contribution in [1.29, 1.82) is 0 Å². The molecule has 0 aromatic heterocycles. The van der Waals surface area contributed by atoms with Crippen molar-refractivity contribution < 1.29 is 17.2 Å². The van der Waals surface area contributed by atoms with Gasteiger partial charge in [-0.2, -0.15) is 0 Å². The number of allylic oxidation sites excluding steroid dienone is 4. The lowest BCUT2D eigenvalue weighted by molar-refractivity contribution is 0.185. The van der Waals surface area contributed by atoms with Gasteiger partial charge in [0.25, 0.3) is 6.43 Å². The predicted octanol–water partition coefficient (Wildman–Crippen LogP) is 3.46. The van der Waals surface area contributed by atoms with E-state index in [9.17, 15) is 17.2 Å². The molecule has 0 amide bonds. The van der Waals surface area contributed by atoms with Crippen LogP contribution in [0.15, 0.2) is 21.6 Å². The van der Waals surface area contributed by atoms with Crippen molar-refractivity contribution in [3.05, 3.63) is 21.6 Å². The molecule has 5 heteroatoms. The van der Waals surface area contributed by atoms with Gasteiger partial charge in [0.15, 0.2) is 9.84 Å². The Hall–Kier alpha value is -0.710. The highest BCUT2D eigenvalue weighted by Gasteiger charge is 2.29. The van der Waals surface area contributed by atoms with Crippen LogP contribution in [0, 0.1) is 0 Å². The molecule has 0 fully saturated rings. The molecule has 0 aliphatic heterocycles. The summed E-state index contributed by atoms with van der Waals surface area (Å²) < 4.78 is 49.7. The zero-order chi connectivity index (χ0) is 13.2. The van der Waals surface area contributed by atoms with Gasteiger partial charge < -0.3 is 0 Å². The minimum Gasteiger partial charge on any atom is -0.224 e. The molecule has 98 valence electrons. The molecule has 0 heterocycles. The van der Waals surface area contributed by atoms with E-state index in [0.717, 1.165) is 11.1 Å². The van der Waals surface area contributed by atoms with Gasteiger partial charge in [-0.25, -0.2) is 17.2 Å². The van der Waals surface area contributed by atoms with Crippen LogP contribution in [0.1, 0.15) is 40.0 Å². The fourth-order valence-electron chi connectivity index (χ4n) is 1.94. The molecule has 0 radical (unpaired) electrons. The maximum atomic E-state index is 12.9. The van der Waals surface area contributed by atoms with E-state index in [1.54, 1.807) is 20.8 Å². The minimum absolute atomic E-state index is 0.0440. The van der Waals surface area contributed by atoms with Crippen molar-refractivity contribution in [1.82, 2.24) is 0 Å². The topological polar surface area (TPSA) is 34.1 Å². The van der Waals surface area contributed by atoms with Crippen LogP contribution in [-0.4, -0.2) is 20.6 Å². The van der Waals surface area contributed by atoms with E-state index in [2.05, 4.69) is 0 Å². The molecule has 0 bridgehead atoms. The first-order chi connectivity index (χ1) is 7.79. The van der Waals surface area contributed by atoms with Gasteiger partial charge in [0, 0.05) is 12.0 Å². The highest BCUT2D eigenvalue weighted by Crippen LogP contribution is 2.36. The van der Waals surface area contributed by atoms with Crippen LogP contribution in [-0.2, 0) is 9.84 Å². The summed E-state index contributed by atoms with van der Waals surface area (Å²) in [5.41, 5.74) is 1.54. The van der Waals surface area contributed by atoms with Gasteiger partial charge in [0.2, 0.25) is 0 Å². The summed E-state index contributed by atoms with van der Waals surface area (Å²) in [6, 6.07) is 0. The van der Waals surface area contributed by atoms with Crippen molar-refractivity contribution in [2.75, 3.05) is 5.75 Å². The summed E-state index contributed by atoms with van der Waals surface area (Å²) >= 11 is 0. The van der Waals surface area contributed by atoms with Crippen molar-refractivity contribution in [2.45, 2.75) is 46.5 Å². The lowest BCUT2D eigenvalue weighted by Crippen LogP contribution is -2.18. The Morgan fingerprint density at radius 1 is 1.18 bits per heavy atom. The second-order valence-electron chi connectivity index (χ2n) is 4.48. The molecule has 0 N–H and O–H groups in total. The Kier molecular flexibility index (Phi) is 4.47. The van der Waals surface area contributed by atoms with Crippen LogP contribution in [0.25, 0.3) is 0 Å². The second-order valence-corrected chi connectivity index (χ2v) is 6.61. The van der Waals surface area contributed by atoms with Crippen LogP contribution < -0.4 is 0 Å². The molecule has 0 aromatic rings. The number of rotatable bonds is 4. The Morgan fingerprint density at radius 3 is 2.18 bits per heavy atom. The van der Waals surface area contributed by atoms with Gasteiger partial charge in [-0.1, -0.05) is 18.1 Å². The summed E-state index contributed by atoms with van der Waals surface area (Å²) in [5, 5.41) is 0. The van der Waals surface area contributed by atoms with E-state index in [0.29, 0.717) is 6.42 Å². The summed E-state index contributed by atoms with van der Waals surface area (Å²) in [5.74, 6) is -0.0507. The molecule has 0 spiro atoms. The fraction of sp³-hybridized carbons (Fsp3) is 0.667. The van der Waals surface area contributed by atoms with E-state index >= 15 is 0 Å². The van der Waals surface area contributed by atoms with Gasteiger partial charge >= 0.3 is 0 Å². The minimum atomic E-state index is -3.52. The van der Waals surface area contributed by atoms with Gasteiger partial charge in [-0.15, -0.1) is 0 Å². The van der Waals surface area contributed by atoms with Crippen LogP contribution in [0.3, 0.4) is 0 Å². The number of halogens is 2. The summed E-state index contributed by atoms with van der Waals surface area (Å²) in [4.78, 5) is -0.0440. The Bertz CT molecular complexity index is 459. The number of alkyl halides is 2. The van der Waals surface area contributed by atoms with Crippen LogP contribution in [0.2, 0.25) is 0 Å². The van der Waals surface area contributed by atoms with Crippen molar-refractivity contribution >= 4 is 9.84 Å². The average Bonchev–Trinajstić information content (AvgIpc) is 2.20. The van der Waals surface area contributed by atoms with Gasteiger partial charge in [0.05, 0.1) is 10.7 Å². The van der Waals surface area contributed by atoms with Crippen molar-refractivity contribution in [3.63, 3.8) is 0 Å². The maximum Gasteiger partial charge on any atom is 0.261 e. The molecular weight excluding hydrogens is 246 g/mol. The highest BCUT2D eigenvalue weighted by atomic mass is 32.2. The van der Waals surface area contributed by atoms with E-state index in [1.807, 2.05) is 0 Å². The first kappa shape index (κ1) is 14.4. The first-order valence-corrected chi connectivity index (χ1v) is 7.32. The molecule has 1 aliphatic rings. The molecule has 1 aliphatic carbocycles. The Labute approximate surface area is 101 Å². The van der Waals surface area contributed by atoms with Crippen LogP contribution in [0.4, 0.5) is 8.78 Å². The quantitative estimate of drug-likeness (QED) is 0.729.